The second-order valence-electron chi connectivity index (χ2n) is 8.63. The number of rotatable bonds is 13. The van der Waals surface area contributed by atoms with Crippen LogP contribution < -0.4 is 10.6 Å². The molecule has 0 spiro atoms. The molecule has 9 heteroatoms. The van der Waals surface area contributed by atoms with E-state index in [1.54, 1.807) is 38.1 Å². The predicted octanol–water partition coefficient (Wildman–Crippen LogP) is 1.61. The molecule has 0 aromatic heterocycles. The van der Waals surface area contributed by atoms with E-state index in [4.69, 9.17) is 21.8 Å². The average Bonchev–Trinajstić information content (AvgIpc) is 3.51. The third-order valence-corrected chi connectivity index (χ3v) is 5.88. The van der Waals surface area contributed by atoms with Crippen molar-refractivity contribution in [1.29, 1.82) is 0 Å². The van der Waals surface area contributed by atoms with Crippen LogP contribution in [0.3, 0.4) is 0 Å². The Kier molecular flexibility index (Phi) is 9.00. The number of aliphatic hydroxyl groups excluding tert-OH is 1. The zero-order valence-corrected chi connectivity index (χ0v) is 18.6. The number of carboxylic acid groups (broad SMARTS) is 1. The maximum absolute atomic E-state index is 13.0. The van der Waals surface area contributed by atoms with Gasteiger partial charge in [-0.2, -0.15) is 0 Å². The van der Waals surface area contributed by atoms with Crippen molar-refractivity contribution in [3.8, 4) is 0 Å². The molecule has 31 heavy (non-hydrogen) atoms. The Labute approximate surface area is 187 Å². The number of aliphatic hydroxyl groups is 2. The number of hydrogen-bond acceptors (Lipinski definition) is 6. The first-order valence-electron chi connectivity index (χ1n) is 10.4. The summed E-state index contributed by atoms with van der Waals surface area (Å²) in [5.41, 5.74) is -0.125. The molecule has 1 aromatic rings. The van der Waals surface area contributed by atoms with Crippen molar-refractivity contribution in [3.63, 3.8) is 0 Å². The van der Waals surface area contributed by atoms with Gasteiger partial charge < -0.3 is 20.6 Å². The van der Waals surface area contributed by atoms with Crippen LogP contribution in [-0.2, 0) is 19.8 Å². The fourth-order valence-electron chi connectivity index (χ4n) is 3.27. The number of benzene rings is 1. The van der Waals surface area contributed by atoms with E-state index in [1.807, 2.05) is 0 Å². The van der Waals surface area contributed by atoms with Gasteiger partial charge in [0.05, 0.1) is 18.0 Å². The molecule has 2 rings (SSSR count). The van der Waals surface area contributed by atoms with Crippen LogP contribution >= 0.6 is 11.6 Å². The molecule has 1 aliphatic carbocycles. The number of carbonyl (C=O) groups is 3. The second kappa shape index (κ2) is 11.0. The van der Waals surface area contributed by atoms with Gasteiger partial charge in [-0.3, -0.25) is 19.7 Å². The van der Waals surface area contributed by atoms with Gasteiger partial charge >= 0.3 is 5.97 Å². The summed E-state index contributed by atoms with van der Waals surface area (Å²) in [5.74, 6) is -1.41. The lowest BCUT2D eigenvalue weighted by molar-refractivity contribution is -0.140. The maximum atomic E-state index is 13.0. The third kappa shape index (κ3) is 7.88. The van der Waals surface area contributed by atoms with Gasteiger partial charge in [0.25, 0.3) is 0 Å². The largest absolute Gasteiger partial charge is 0.480 e. The van der Waals surface area contributed by atoms with Gasteiger partial charge in [0.2, 0.25) is 5.91 Å². The van der Waals surface area contributed by atoms with Crippen LogP contribution in [0.5, 0.6) is 0 Å². The van der Waals surface area contributed by atoms with E-state index < -0.39 is 29.8 Å². The highest BCUT2D eigenvalue weighted by Gasteiger charge is 2.35. The van der Waals surface area contributed by atoms with Crippen LogP contribution in [0.4, 0.5) is 0 Å². The number of nitrogens with one attached hydrogen (secondary N) is 2. The Balaban J connectivity index is 2.02. The molecule has 1 aromatic carbocycles. The molecule has 0 heterocycles. The van der Waals surface area contributed by atoms with Gasteiger partial charge in [0.15, 0.2) is 12.1 Å². The highest BCUT2D eigenvalue weighted by molar-refractivity contribution is 6.30. The number of amides is 1. The van der Waals surface area contributed by atoms with Crippen LogP contribution in [0.2, 0.25) is 5.02 Å². The molecular formula is C22H31ClN2O6. The van der Waals surface area contributed by atoms with Crippen molar-refractivity contribution in [2.45, 2.75) is 69.7 Å². The number of carboxylic acids is 1. The van der Waals surface area contributed by atoms with Crippen molar-refractivity contribution in [2.75, 3.05) is 6.54 Å². The third-order valence-electron chi connectivity index (χ3n) is 5.63. The van der Waals surface area contributed by atoms with Gasteiger partial charge in [-0.25, -0.2) is 0 Å². The molecule has 1 amide bonds. The summed E-state index contributed by atoms with van der Waals surface area (Å²) < 4.78 is 0. The average molecular weight is 455 g/mol. The summed E-state index contributed by atoms with van der Waals surface area (Å²) >= 11 is 5.93. The topological polar surface area (TPSA) is 136 Å². The van der Waals surface area contributed by atoms with Gasteiger partial charge in [0.1, 0.15) is 6.04 Å². The molecule has 172 valence electrons. The van der Waals surface area contributed by atoms with Crippen LogP contribution in [-0.4, -0.2) is 57.9 Å². The Morgan fingerprint density at radius 2 is 1.71 bits per heavy atom. The zero-order valence-electron chi connectivity index (χ0n) is 17.8. The Bertz CT molecular complexity index is 777. The number of ketones is 1. The van der Waals surface area contributed by atoms with Gasteiger partial charge in [-0.15, -0.1) is 0 Å². The predicted molar refractivity (Wildman–Crippen MR) is 116 cm³/mol. The molecule has 1 aliphatic rings. The van der Waals surface area contributed by atoms with E-state index in [2.05, 4.69) is 10.6 Å². The Morgan fingerprint density at radius 3 is 2.23 bits per heavy atom. The molecule has 0 aliphatic heterocycles. The molecule has 0 saturated heterocycles. The summed E-state index contributed by atoms with van der Waals surface area (Å²) in [6.45, 7) is 3.30. The fourth-order valence-corrected chi connectivity index (χ4v) is 3.40. The Morgan fingerprint density at radius 1 is 1.10 bits per heavy atom. The molecule has 0 unspecified atom stereocenters. The van der Waals surface area contributed by atoms with E-state index in [0.29, 0.717) is 17.4 Å². The zero-order chi connectivity index (χ0) is 23.2. The van der Waals surface area contributed by atoms with Gasteiger partial charge in [-0.1, -0.05) is 36.6 Å². The monoisotopic (exact) mass is 454 g/mol. The summed E-state index contributed by atoms with van der Waals surface area (Å²) in [6, 6.07) is 5.14. The van der Waals surface area contributed by atoms with E-state index in [9.17, 15) is 19.5 Å². The molecule has 0 radical (unpaired) electrons. The lowest BCUT2D eigenvalue weighted by Gasteiger charge is -2.28. The van der Waals surface area contributed by atoms with Crippen molar-refractivity contribution in [2.24, 2.45) is 5.92 Å². The molecule has 0 bridgehead atoms. The van der Waals surface area contributed by atoms with Crippen molar-refractivity contribution in [1.82, 2.24) is 10.6 Å². The molecule has 8 nitrogen and oxygen atoms in total. The lowest BCUT2D eigenvalue weighted by atomic mass is 9.83. The smallest absolute Gasteiger partial charge is 0.320 e. The molecule has 5 N–H and O–H groups in total. The van der Waals surface area contributed by atoms with E-state index >= 15 is 0 Å². The molecular weight excluding hydrogens is 424 g/mol. The minimum absolute atomic E-state index is 0.0382. The summed E-state index contributed by atoms with van der Waals surface area (Å²) in [6.07, 6.45) is 0.728. The van der Waals surface area contributed by atoms with Crippen LogP contribution in [0.1, 0.15) is 51.5 Å². The fraction of sp³-hybridized carbons (Fsp3) is 0.591. The van der Waals surface area contributed by atoms with Crippen molar-refractivity contribution < 1.29 is 29.7 Å². The number of carbonyl (C=O) groups excluding carboxylic acids is 2. The lowest BCUT2D eigenvalue weighted by Crippen LogP contribution is -2.51. The van der Waals surface area contributed by atoms with E-state index in [0.717, 1.165) is 18.4 Å². The minimum Gasteiger partial charge on any atom is -0.480 e. The normalized spacial score (nSPS) is 16.1. The first-order chi connectivity index (χ1) is 14.5. The first-order valence-corrected chi connectivity index (χ1v) is 10.8. The summed E-state index contributed by atoms with van der Waals surface area (Å²) in [5, 5.41) is 33.3. The number of aliphatic carboxylic acids is 1. The summed E-state index contributed by atoms with van der Waals surface area (Å²) in [7, 11) is 0. The quantitative estimate of drug-likeness (QED) is 0.285. The Hall–Kier alpha value is -2.00. The maximum Gasteiger partial charge on any atom is 0.320 e. The minimum atomic E-state index is -1.61. The standard InChI is InChI=1S/C22H31ClN2O6/c1-22(2,14-5-7-15(23)8-6-14)21(31)25-17(11-13-3-4-13)18(26)12-24-16(20(29)30)9-10-19(27)28/h5-8,13,16-17,19,24,27-28H,3-4,9-12H2,1-2H3,(H,25,31)(H,29,30)/t16-,17+/m1/s1. The van der Waals surface area contributed by atoms with Crippen LogP contribution in [0.15, 0.2) is 24.3 Å². The van der Waals surface area contributed by atoms with Crippen LogP contribution in [0, 0.1) is 5.92 Å². The highest BCUT2D eigenvalue weighted by atomic mass is 35.5. The van der Waals surface area contributed by atoms with Crippen molar-refractivity contribution >= 4 is 29.3 Å². The molecule has 1 saturated carbocycles. The SMILES string of the molecule is CC(C)(C(=O)N[C@@H](CC1CC1)C(=O)CN[C@H](CCC(O)O)C(=O)O)c1ccc(Cl)cc1. The molecule has 2 atom stereocenters. The van der Waals surface area contributed by atoms with Gasteiger partial charge in [-0.05, 0) is 56.7 Å². The number of halogens is 1. The van der Waals surface area contributed by atoms with E-state index in [-0.39, 0.29) is 31.1 Å². The summed E-state index contributed by atoms with van der Waals surface area (Å²) in [4.78, 5) is 37.2. The van der Waals surface area contributed by atoms with E-state index in [1.165, 1.54) is 0 Å². The van der Waals surface area contributed by atoms with Gasteiger partial charge in [0, 0.05) is 5.02 Å². The number of Topliss-reactive ketones (excluding diaryl/α,β-unsaturated/α-hetero) is 1. The number of hydrogen-bond donors (Lipinski definition) is 5. The second-order valence-corrected chi connectivity index (χ2v) is 9.07. The van der Waals surface area contributed by atoms with Crippen molar-refractivity contribution in [3.05, 3.63) is 34.9 Å². The molecule has 1 fully saturated rings. The highest BCUT2D eigenvalue weighted by Crippen LogP contribution is 2.34. The first kappa shape index (κ1) is 25.3. The van der Waals surface area contributed by atoms with Crippen LogP contribution in [0.25, 0.3) is 0 Å².